The largest absolute Gasteiger partial charge is 0.502 e. The number of rotatable bonds is 16. The molecule has 2 rings (SSSR count). The molecule has 0 radical (unpaired) electrons. The van der Waals surface area contributed by atoms with Gasteiger partial charge in [0, 0.05) is 13.1 Å². The zero-order valence-electron chi connectivity index (χ0n) is 22.4. The number of carbonyl (C=O) groups excluding carboxylic acids is 2. The maximum Gasteiger partial charge on any atom is 0.266 e. The van der Waals surface area contributed by atoms with E-state index in [-0.39, 0.29) is 34.7 Å². The van der Waals surface area contributed by atoms with Gasteiger partial charge in [0.05, 0.1) is 12.4 Å². The van der Waals surface area contributed by atoms with Gasteiger partial charge in [-0.1, -0.05) is 66.2 Å². The normalized spacial score (nSPS) is 12.8. The van der Waals surface area contributed by atoms with Crippen LogP contribution in [0.3, 0.4) is 0 Å². The summed E-state index contributed by atoms with van der Waals surface area (Å²) in [6, 6.07) is 0. The van der Waals surface area contributed by atoms with Crippen molar-refractivity contribution in [1.82, 2.24) is 9.13 Å². The average molecular weight is 517 g/mol. The third-order valence-electron chi connectivity index (χ3n) is 6.97. The molecule has 0 spiro atoms. The molecule has 9 heteroatoms. The molecule has 0 saturated heterocycles. The quantitative estimate of drug-likeness (QED) is 0.291. The molecule has 2 atom stereocenters. The number of pyridine rings is 2. The average Bonchev–Trinajstić information content (AvgIpc) is 2.90. The van der Waals surface area contributed by atoms with E-state index in [1.807, 2.05) is 13.8 Å². The summed E-state index contributed by atoms with van der Waals surface area (Å²) in [6.45, 7) is 9.00. The van der Waals surface area contributed by atoms with Gasteiger partial charge in [-0.25, -0.2) is 0 Å². The van der Waals surface area contributed by atoms with E-state index in [1.54, 1.807) is 0 Å². The van der Waals surface area contributed by atoms with Crippen LogP contribution >= 0.6 is 0 Å². The first-order valence-electron chi connectivity index (χ1n) is 13.3. The molecule has 0 amide bonds. The van der Waals surface area contributed by atoms with Gasteiger partial charge < -0.3 is 24.1 Å². The first kappa shape index (κ1) is 29.9. The summed E-state index contributed by atoms with van der Waals surface area (Å²) in [5.74, 6) is -1.83. The van der Waals surface area contributed by atoms with Crippen LogP contribution in [0.5, 0.6) is 23.0 Å². The lowest BCUT2D eigenvalue weighted by atomic mass is 9.99. The van der Waals surface area contributed by atoms with Crippen LogP contribution in [-0.4, -0.2) is 31.9 Å². The maximum atomic E-state index is 12.8. The molecule has 9 nitrogen and oxygen atoms in total. The second-order valence-electron chi connectivity index (χ2n) is 9.59. The van der Waals surface area contributed by atoms with E-state index < -0.39 is 22.4 Å². The summed E-state index contributed by atoms with van der Waals surface area (Å²) in [7, 11) is 0. The standard InChI is InChI=1S/C28H40N2O7/c1-5-9-11-19(7-3)13-29-15-23(27(35)25(33)21(29)17-31)37-24-16-30(14-20(8-4)12-10-6-2)22(18-32)26(34)28(24)36/h15-20,33-34H,5-14H2,1-4H3. The summed E-state index contributed by atoms with van der Waals surface area (Å²) in [4.78, 5) is 49.0. The van der Waals surface area contributed by atoms with Gasteiger partial charge in [0.2, 0.25) is 0 Å². The zero-order valence-corrected chi connectivity index (χ0v) is 22.4. The molecule has 2 aromatic heterocycles. The Morgan fingerprint density at radius 1 is 0.757 bits per heavy atom. The van der Waals surface area contributed by atoms with Crippen molar-refractivity contribution in [2.24, 2.45) is 11.8 Å². The van der Waals surface area contributed by atoms with Crippen LogP contribution in [0.1, 0.15) is 100 Å². The summed E-state index contributed by atoms with van der Waals surface area (Å²) in [5.41, 5.74) is -2.21. The number of aromatic hydroxyl groups is 2. The molecule has 37 heavy (non-hydrogen) atoms. The van der Waals surface area contributed by atoms with Crippen molar-refractivity contribution in [3.63, 3.8) is 0 Å². The van der Waals surface area contributed by atoms with E-state index in [1.165, 1.54) is 21.5 Å². The first-order valence-corrected chi connectivity index (χ1v) is 13.3. The highest BCUT2D eigenvalue weighted by atomic mass is 16.5. The van der Waals surface area contributed by atoms with E-state index in [4.69, 9.17) is 4.74 Å². The van der Waals surface area contributed by atoms with Gasteiger partial charge in [-0.3, -0.25) is 19.2 Å². The Bertz CT molecular complexity index is 1090. The maximum absolute atomic E-state index is 12.8. The molecule has 2 aromatic rings. The SMILES string of the molecule is CCCCC(CC)Cn1cc(Oc2cn(CC(CC)CCCC)c(C=O)c(O)c2=O)c(=O)c(O)c1C=O. The molecule has 0 aromatic carbocycles. The second-order valence-corrected chi connectivity index (χ2v) is 9.59. The minimum Gasteiger partial charge on any atom is -0.502 e. The second kappa shape index (κ2) is 14.4. The highest BCUT2D eigenvalue weighted by Gasteiger charge is 2.22. The molecular weight excluding hydrogens is 476 g/mol. The minimum absolute atomic E-state index is 0.162. The first-order chi connectivity index (χ1) is 17.8. The molecule has 2 unspecified atom stereocenters. The van der Waals surface area contributed by atoms with Crippen molar-refractivity contribution >= 4 is 12.6 Å². The summed E-state index contributed by atoms with van der Waals surface area (Å²) >= 11 is 0. The Hall–Kier alpha value is -3.36. The molecule has 0 bridgehead atoms. The van der Waals surface area contributed by atoms with Crippen molar-refractivity contribution in [2.75, 3.05) is 0 Å². The van der Waals surface area contributed by atoms with Crippen molar-refractivity contribution in [1.29, 1.82) is 0 Å². The fraction of sp³-hybridized carbons (Fsp3) is 0.571. The van der Waals surface area contributed by atoms with Gasteiger partial charge in [0.1, 0.15) is 11.4 Å². The van der Waals surface area contributed by atoms with Crippen LogP contribution in [0.25, 0.3) is 0 Å². The van der Waals surface area contributed by atoms with Crippen molar-refractivity contribution in [3.05, 3.63) is 44.2 Å². The Kier molecular flexibility index (Phi) is 11.6. The number of aldehydes is 2. The van der Waals surface area contributed by atoms with Crippen LogP contribution in [0, 0.1) is 11.8 Å². The lowest BCUT2D eigenvalue weighted by Crippen LogP contribution is -2.21. The number of hydrogen-bond acceptors (Lipinski definition) is 7. The van der Waals surface area contributed by atoms with Crippen LogP contribution < -0.4 is 15.6 Å². The number of carbonyl (C=O) groups is 2. The monoisotopic (exact) mass is 516 g/mol. The Morgan fingerprint density at radius 3 is 1.43 bits per heavy atom. The lowest BCUT2D eigenvalue weighted by molar-refractivity contribution is 0.110. The van der Waals surface area contributed by atoms with E-state index in [0.29, 0.717) is 25.7 Å². The van der Waals surface area contributed by atoms with Crippen LogP contribution in [-0.2, 0) is 13.1 Å². The van der Waals surface area contributed by atoms with Gasteiger partial charge in [0.15, 0.2) is 35.6 Å². The molecule has 0 aliphatic heterocycles. The molecule has 0 aliphatic rings. The van der Waals surface area contributed by atoms with Gasteiger partial charge in [-0.05, 0) is 24.7 Å². The van der Waals surface area contributed by atoms with Crippen LogP contribution in [0.4, 0.5) is 0 Å². The fourth-order valence-electron chi connectivity index (χ4n) is 4.48. The predicted molar refractivity (Wildman–Crippen MR) is 142 cm³/mol. The predicted octanol–water partition coefficient (Wildman–Crippen LogP) is 5.27. The van der Waals surface area contributed by atoms with Crippen LogP contribution in [0.2, 0.25) is 0 Å². The van der Waals surface area contributed by atoms with Crippen molar-refractivity contribution in [3.8, 4) is 23.0 Å². The molecule has 0 fully saturated rings. The highest BCUT2D eigenvalue weighted by Crippen LogP contribution is 2.26. The minimum atomic E-state index is -0.945. The Balaban J connectivity index is 2.54. The van der Waals surface area contributed by atoms with Gasteiger partial charge in [-0.2, -0.15) is 0 Å². The van der Waals surface area contributed by atoms with E-state index >= 15 is 0 Å². The Morgan fingerprint density at radius 2 is 1.14 bits per heavy atom. The topological polar surface area (TPSA) is 128 Å². The van der Waals surface area contributed by atoms with Crippen molar-refractivity contribution < 1.29 is 24.5 Å². The van der Waals surface area contributed by atoms with Crippen molar-refractivity contribution in [2.45, 2.75) is 92.2 Å². The molecule has 2 N–H and O–H groups in total. The van der Waals surface area contributed by atoms with E-state index in [2.05, 4.69) is 13.8 Å². The van der Waals surface area contributed by atoms with Gasteiger partial charge in [0.25, 0.3) is 10.9 Å². The number of nitrogens with zero attached hydrogens (tertiary/aromatic N) is 2. The Labute approximate surface area is 217 Å². The number of aromatic nitrogens is 2. The molecule has 0 saturated carbocycles. The van der Waals surface area contributed by atoms with E-state index in [9.17, 15) is 29.4 Å². The summed E-state index contributed by atoms with van der Waals surface area (Å²) < 4.78 is 8.60. The number of hydrogen-bond donors (Lipinski definition) is 2. The van der Waals surface area contributed by atoms with Crippen LogP contribution in [0.15, 0.2) is 22.0 Å². The zero-order chi connectivity index (χ0) is 27.5. The number of unbranched alkanes of at least 4 members (excludes halogenated alkanes) is 2. The highest BCUT2D eigenvalue weighted by molar-refractivity contribution is 5.77. The molecular formula is C28H40N2O7. The smallest absolute Gasteiger partial charge is 0.266 e. The third kappa shape index (κ3) is 7.33. The molecule has 0 aliphatic carbocycles. The lowest BCUT2D eigenvalue weighted by Gasteiger charge is -2.21. The summed E-state index contributed by atoms with van der Waals surface area (Å²) in [5, 5.41) is 20.9. The summed E-state index contributed by atoms with van der Waals surface area (Å²) in [6.07, 6.45) is 11.0. The van der Waals surface area contributed by atoms with Gasteiger partial charge >= 0.3 is 0 Å². The van der Waals surface area contributed by atoms with E-state index in [0.717, 1.165) is 51.4 Å². The van der Waals surface area contributed by atoms with Gasteiger partial charge in [-0.15, -0.1) is 0 Å². The fourth-order valence-corrected chi connectivity index (χ4v) is 4.48. The number of ether oxygens (including phenoxy) is 1. The molecule has 2 heterocycles. The third-order valence-corrected chi connectivity index (χ3v) is 6.97. The molecule has 204 valence electrons.